The second-order valence-corrected chi connectivity index (χ2v) is 8.87. The predicted molar refractivity (Wildman–Crippen MR) is 128 cm³/mol. The zero-order valence-corrected chi connectivity index (χ0v) is 19.2. The molecule has 3 aromatic carbocycles. The summed E-state index contributed by atoms with van der Waals surface area (Å²) in [5.41, 5.74) is 1.19. The predicted octanol–water partition coefficient (Wildman–Crippen LogP) is 5.35. The molecule has 33 heavy (non-hydrogen) atoms. The van der Waals surface area contributed by atoms with Gasteiger partial charge in [0.25, 0.3) is 0 Å². The second kappa shape index (κ2) is 8.79. The van der Waals surface area contributed by atoms with Crippen molar-refractivity contribution in [1.82, 2.24) is 0 Å². The van der Waals surface area contributed by atoms with Crippen molar-refractivity contribution in [2.45, 2.75) is 24.5 Å². The Kier molecular flexibility index (Phi) is 5.68. The molecule has 5 rings (SSSR count). The van der Waals surface area contributed by atoms with Gasteiger partial charge in [0.1, 0.15) is 6.61 Å². The first kappa shape index (κ1) is 21.3. The Labute approximate surface area is 199 Å². The van der Waals surface area contributed by atoms with Crippen LogP contribution in [-0.2, 0) is 25.7 Å². The SMILES string of the molecule is O=C(OCc1ccccc1)C1=CC[C@@H](c2ccc(Br)cc2)[C@@]12N=C(c1ccccc1)OC2=O. The van der Waals surface area contributed by atoms with Crippen LogP contribution in [0.2, 0.25) is 0 Å². The van der Waals surface area contributed by atoms with Crippen LogP contribution in [0.25, 0.3) is 0 Å². The van der Waals surface area contributed by atoms with Gasteiger partial charge < -0.3 is 9.47 Å². The Morgan fingerprint density at radius 2 is 1.67 bits per heavy atom. The van der Waals surface area contributed by atoms with Crippen molar-refractivity contribution in [3.05, 3.63) is 118 Å². The van der Waals surface area contributed by atoms with Gasteiger partial charge in [-0.05, 0) is 41.8 Å². The van der Waals surface area contributed by atoms with E-state index in [0.717, 1.165) is 15.6 Å². The third-order valence-electron chi connectivity index (χ3n) is 5.98. The molecule has 0 N–H and O–H groups in total. The van der Waals surface area contributed by atoms with Crippen LogP contribution in [0, 0.1) is 0 Å². The fourth-order valence-corrected chi connectivity index (χ4v) is 4.61. The number of nitrogens with zero attached hydrogens (tertiary/aromatic N) is 1. The van der Waals surface area contributed by atoms with Gasteiger partial charge in [0.2, 0.25) is 11.4 Å². The fourth-order valence-electron chi connectivity index (χ4n) is 4.35. The van der Waals surface area contributed by atoms with E-state index in [1.54, 1.807) is 6.08 Å². The topological polar surface area (TPSA) is 65.0 Å². The maximum Gasteiger partial charge on any atom is 0.346 e. The highest BCUT2D eigenvalue weighted by atomic mass is 79.9. The molecule has 0 amide bonds. The van der Waals surface area contributed by atoms with E-state index < -0.39 is 17.5 Å². The number of rotatable bonds is 5. The second-order valence-electron chi connectivity index (χ2n) is 7.96. The van der Waals surface area contributed by atoms with Crippen LogP contribution in [0.4, 0.5) is 0 Å². The lowest BCUT2D eigenvalue weighted by Gasteiger charge is -2.27. The molecule has 1 heterocycles. The summed E-state index contributed by atoms with van der Waals surface area (Å²) in [6.45, 7) is 0.111. The van der Waals surface area contributed by atoms with Crippen molar-refractivity contribution in [3.63, 3.8) is 0 Å². The highest BCUT2D eigenvalue weighted by Gasteiger charge is 2.60. The minimum absolute atomic E-state index is 0.111. The van der Waals surface area contributed by atoms with Crippen molar-refractivity contribution in [3.8, 4) is 0 Å². The van der Waals surface area contributed by atoms with Gasteiger partial charge in [0, 0.05) is 16.0 Å². The lowest BCUT2D eigenvalue weighted by Crippen LogP contribution is -2.42. The molecule has 1 spiro atoms. The van der Waals surface area contributed by atoms with Gasteiger partial charge in [-0.15, -0.1) is 0 Å². The number of carbonyl (C=O) groups is 2. The average molecular weight is 502 g/mol. The maximum atomic E-state index is 13.4. The molecule has 1 aliphatic carbocycles. The smallest absolute Gasteiger partial charge is 0.346 e. The number of benzene rings is 3. The summed E-state index contributed by atoms with van der Waals surface area (Å²) >= 11 is 3.45. The molecule has 0 radical (unpaired) electrons. The van der Waals surface area contributed by atoms with Crippen molar-refractivity contribution in [2.75, 3.05) is 0 Å². The number of aliphatic imine (C=N–C) groups is 1. The van der Waals surface area contributed by atoms with E-state index in [-0.39, 0.29) is 24.0 Å². The molecule has 164 valence electrons. The van der Waals surface area contributed by atoms with E-state index in [9.17, 15) is 9.59 Å². The first-order valence-electron chi connectivity index (χ1n) is 10.6. The Morgan fingerprint density at radius 3 is 2.36 bits per heavy atom. The van der Waals surface area contributed by atoms with Gasteiger partial charge >= 0.3 is 11.9 Å². The first-order chi connectivity index (χ1) is 16.1. The number of halogens is 1. The standard InChI is InChI=1S/C27H20BrNO4/c28-21-13-11-19(12-14-21)22-15-16-23(25(30)32-17-18-7-3-1-4-8-18)27(22)26(31)33-24(29-27)20-9-5-2-6-10-20/h1-14,16,22H,15,17H2/t22-,27+/m0/s1. The molecule has 0 saturated carbocycles. The lowest BCUT2D eigenvalue weighted by atomic mass is 9.78. The number of allylic oxidation sites excluding steroid dienone is 1. The van der Waals surface area contributed by atoms with Crippen molar-refractivity contribution < 1.29 is 19.1 Å². The van der Waals surface area contributed by atoms with Crippen molar-refractivity contribution >= 4 is 33.8 Å². The van der Waals surface area contributed by atoms with Crippen LogP contribution in [-0.4, -0.2) is 23.4 Å². The van der Waals surface area contributed by atoms with Crippen LogP contribution < -0.4 is 0 Å². The Balaban J connectivity index is 1.53. The number of esters is 2. The Hall–Kier alpha value is -3.51. The van der Waals surface area contributed by atoms with E-state index >= 15 is 0 Å². The maximum absolute atomic E-state index is 13.4. The minimum atomic E-state index is -1.48. The van der Waals surface area contributed by atoms with E-state index in [1.807, 2.05) is 84.9 Å². The van der Waals surface area contributed by atoms with Gasteiger partial charge in [-0.25, -0.2) is 14.6 Å². The number of ether oxygens (including phenoxy) is 2. The van der Waals surface area contributed by atoms with Gasteiger partial charge in [0.15, 0.2) is 0 Å². The number of hydrogen-bond donors (Lipinski definition) is 0. The lowest BCUT2D eigenvalue weighted by molar-refractivity contribution is -0.145. The third kappa shape index (κ3) is 3.91. The molecule has 1 aliphatic heterocycles. The summed E-state index contributed by atoms with van der Waals surface area (Å²) in [5.74, 6) is -1.28. The van der Waals surface area contributed by atoms with Crippen LogP contribution in [0.3, 0.4) is 0 Å². The quantitative estimate of drug-likeness (QED) is 0.442. The molecule has 5 nitrogen and oxygen atoms in total. The van der Waals surface area contributed by atoms with Crippen molar-refractivity contribution in [1.29, 1.82) is 0 Å². The number of cyclic esters (lactones) is 1. The molecule has 2 aliphatic rings. The van der Waals surface area contributed by atoms with Crippen LogP contribution in [0.5, 0.6) is 0 Å². The first-order valence-corrected chi connectivity index (χ1v) is 11.4. The minimum Gasteiger partial charge on any atom is -0.457 e. The van der Waals surface area contributed by atoms with E-state index in [4.69, 9.17) is 14.5 Å². The highest BCUT2D eigenvalue weighted by Crippen LogP contribution is 2.49. The van der Waals surface area contributed by atoms with Gasteiger partial charge in [-0.1, -0.05) is 82.7 Å². The van der Waals surface area contributed by atoms with Gasteiger partial charge in [0.05, 0.1) is 5.57 Å². The van der Waals surface area contributed by atoms with E-state index in [0.29, 0.717) is 12.0 Å². The molecular weight excluding hydrogens is 482 g/mol. The number of hydrogen-bond acceptors (Lipinski definition) is 5. The molecule has 3 aromatic rings. The van der Waals surface area contributed by atoms with Crippen LogP contribution in [0.1, 0.15) is 29.0 Å². The summed E-state index contributed by atoms with van der Waals surface area (Å²) in [6.07, 6.45) is 2.23. The third-order valence-corrected chi connectivity index (χ3v) is 6.51. The summed E-state index contributed by atoms with van der Waals surface area (Å²) in [4.78, 5) is 31.4. The van der Waals surface area contributed by atoms with E-state index in [2.05, 4.69) is 15.9 Å². The van der Waals surface area contributed by atoms with E-state index in [1.165, 1.54) is 0 Å². The van der Waals surface area contributed by atoms with Gasteiger partial charge in [-0.2, -0.15) is 0 Å². The Bertz CT molecular complexity index is 1250. The zero-order chi connectivity index (χ0) is 22.8. The number of carbonyl (C=O) groups excluding carboxylic acids is 2. The van der Waals surface area contributed by atoms with Crippen LogP contribution >= 0.6 is 15.9 Å². The molecule has 0 fully saturated rings. The van der Waals surface area contributed by atoms with Gasteiger partial charge in [-0.3, -0.25) is 0 Å². The van der Waals surface area contributed by atoms with Crippen molar-refractivity contribution in [2.24, 2.45) is 4.99 Å². The zero-order valence-electron chi connectivity index (χ0n) is 17.6. The highest BCUT2D eigenvalue weighted by molar-refractivity contribution is 9.10. The Morgan fingerprint density at radius 1 is 1.00 bits per heavy atom. The molecular formula is C27H20BrNO4. The summed E-state index contributed by atoms with van der Waals surface area (Å²) < 4.78 is 12.2. The molecule has 0 saturated heterocycles. The summed E-state index contributed by atoms with van der Waals surface area (Å²) in [6, 6.07) is 26.4. The normalized spacial score (nSPS) is 21.5. The molecule has 0 bridgehead atoms. The monoisotopic (exact) mass is 501 g/mol. The fraction of sp³-hybridized carbons (Fsp3) is 0.148. The summed E-state index contributed by atoms with van der Waals surface area (Å²) in [5, 5.41) is 0. The average Bonchev–Trinajstić information content (AvgIpc) is 3.40. The summed E-state index contributed by atoms with van der Waals surface area (Å²) in [7, 11) is 0. The molecule has 6 heteroatoms. The van der Waals surface area contributed by atoms with Crippen LogP contribution in [0.15, 0.2) is 106 Å². The molecule has 0 unspecified atom stereocenters. The molecule has 2 atom stereocenters. The largest absolute Gasteiger partial charge is 0.457 e. The molecule has 0 aromatic heterocycles.